The maximum atomic E-state index is 12.2. The topological polar surface area (TPSA) is 52.6 Å². The summed E-state index contributed by atoms with van der Waals surface area (Å²) in [5, 5.41) is 0. The molecule has 1 unspecified atom stereocenters. The van der Waals surface area contributed by atoms with Gasteiger partial charge in [-0.05, 0) is 19.3 Å². The zero-order valence-corrected chi connectivity index (χ0v) is 20.4. The summed E-state index contributed by atoms with van der Waals surface area (Å²) >= 11 is 0. The number of carbonyl (C=O) groups excluding carboxylic acids is 2. The summed E-state index contributed by atoms with van der Waals surface area (Å²) in [4.78, 5) is 24.4. The minimum absolute atomic E-state index is 0.224. The van der Waals surface area contributed by atoms with E-state index in [-0.39, 0.29) is 11.9 Å². The van der Waals surface area contributed by atoms with Crippen molar-refractivity contribution in [1.29, 1.82) is 0 Å². The number of hydrogen-bond acceptors (Lipinski definition) is 4. The summed E-state index contributed by atoms with van der Waals surface area (Å²) < 4.78 is 11.1. The van der Waals surface area contributed by atoms with E-state index in [0.717, 1.165) is 44.9 Å². The molecule has 0 aromatic rings. The van der Waals surface area contributed by atoms with Crippen LogP contribution in [-0.4, -0.2) is 18.2 Å². The van der Waals surface area contributed by atoms with Gasteiger partial charge in [0.05, 0.1) is 0 Å². The second kappa shape index (κ2) is 22.6. The second-order valence-electron chi connectivity index (χ2n) is 8.65. The van der Waals surface area contributed by atoms with Gasteiger partial charge >= 0.3 is 11.9 Å². The lowest BCUT2D eigenvalue weighted by atomic mass is 10.1. The summed E-state index contributed by atoms with van der Waals surface area (Å²) in [6, 6.07) is 0. The van der Waals surface area contributed by atoms with E-state index in [9.17, 15) is 9.59 Å². The molecule has 0 aliphatic rings. The monoisotopic (exact) mass is 426 g/mol. The van der Waals surface area contributed by atoms with Gasteiger partial charge in [0.2, 0.25) is 6.29 Å². The van der Waals surface area contributed by atoms with Crippen LogP contribution >= 0.6 is 0 Å². The summed E-state index contributed by atoms with van der Waals surface area (Å²) in [6.07, 6.45) is 20.1. The number of ether oxygens (including phenoxy) is 2. The lowest BCUT2D eigenvalue weighted by molar-refractivity contribution is -0.189. The van der Waals surface area contributed by atoms with E-state index in [1.165, 1.54) is 64.2 Å². The van der Waals surface area contributed by atoms with Crippen LogP contribution < -0.4 is 0 Å². The van der Waals surface area contributed by atoms with E-state index in [1.807, 2.05) is 0 Å². The molecule has 0 amide bonds. The van der Waals surface area contributed by atoms with Crippen molar-refractivity contribution in [2.75, 3.05) is 0 Å². The van der Waals surface area contributed by atoms with Crippen molar-refractivity contribution < 1.29 is 19.1 Å². The fourth-order valence-corrected chi connectivity index (χ4v) is 3.57. The SMILES string of the molecule is CCCCCCCCCC(=O)OC(CCCCCCC)OC(=O)CCCCCCC. The fraction of sp³-hybridized carbons (Fsp3) is 0.923. The Morgan fingerprint density at radius 1 is 0.500 bits per heavy atom. The van der Waals surface area contributed by atoms with Gasteiger partial charge in [0.15, 0.2) is 0 Å². The third-order valence-electron chi connectivity index (χ3n) is 5.54. The van der Waals surface area contributed by atoms with E-state index < -0.39 is 6.29 Å². The van der Waals surface area contributed by atoms with Gasteiger partial charge in [-0.2, -0.15) is 0 Å². The van der Waals surface area contributed by atoms with Crippen LogP contribution in [0.3, 0.4) is 0 Å². The molecule has 4 nitrogen and oxygen atoms in total. The molecule has 0 bridgehead atoms. The highest BCUT2D eigenvalue weighted by Gasteiger charge is 2.18. The highest BCUT2D eigenvalue weighted by Crippen LogP contribution is 2.15. The van der Waals surface area contributed by atoms with E-state index >= 15 is 0 Å². The summed E-state index contributed by atoms with van der Waals surface area (Å²) in [6.45, 7) is 6.59. The standard InChI is InChI=1S/C26H50O4/c1-4-7-10-13-14-17-19-22-25(28)30-26(23-20-16-12-9-6-3)29-24(27)21-18-15-11-8-5-2/h26H,4-23H2,1-3H3. The minimum atomic E-state index is -0.702. The first-order valence-electron chi connectivity index (χ1n) is 13.0. The quantitative estimate of drug-likeness (QED) is 0.0993. The van der Waals surface area contributed by atoms with Crippen molar-refractivity contribution in [1.82, 2.24) is 0 Å². The Kier molecular flexibility index (Phi) is 21.8. The molecule has 1 atom stereocenters. The molecule has 0 aromatic carbocycles. The lowest BCUT2D eigenvalue weighted by Crippen LogP contribution is -2.24. The van der Waals surface area contributed by atoms with Crippen molar-refractivity contribution in [2.45, 2.75) is 155 Å². The van der Waals surface area contributed by atoms with Crippen LogP contribution in [0.15, 0.2) is 0 Å². The molecule has 30 heavy (non-hydrogen) atoms. The van der Waals surface area contributed by atoms with Gasteiger partial charge in [0.25, 0.3) is 0 Å². The summed E-state index contributed by atoms with van der Waals surface area (Å²) in [5.74, 6) is -0.452. The van der Waals surface area contributed by atoms with Crippen LogP contribution in [0.1, 0.15) is 149 Å². The van der Waals surface area contributed by atoms with Gasteiger partial charge < -0.3 is 9.47 Å². The fourth-order valence-electron chi connectivity index (χ4n) is 3.57. The van der Waals surface area contributed by atoms with Crippen molar-refractivity contribution in [3.8, 4) is 0 Å². The highest BCUT2D eigenvalue weighted by atomic mass is 16.7. The lowest BCUT2D eigenvalue weighted by Gasteiger charge is -2.18. The molecular weight excluding hydrogens is 376 g/mol. The first kappa shape index (κ1) is 28.9. The van der Waals surface area contributed by atoms with Crippen LogP contribution in [0.2, 0.25) is 0 Å². The predicted molar refractivity (Wildman–Crippen MR) is 125 cm³/mol. The average molecular weight is 427 g/mol. The summed E-state index contributed by atoms with van der Waals surface area (Å²) in [7, 11) is 0. The third kappa shape index (κ3) is 20.2. The Labute approximate surface area is 186 Å². The number of hydrogen-bond donors (Lipinski definition) is 0. The molecule has 178 valence electrons. The molecule has 0 saturated heterocycles. The van der Waals surface area contributed by atoms with E-state index in [0.29, 0.717) is 19.3 Å². The molecule has 0 saturated carbocycles. The molecule has 4 heteroatoms. The van der Waals surface area contributed by atoms with E-state index in [2.05, 4.69) is 20.8 Å². The number of rotatable bonds is 22. The molecule has 0 radical (unpaired) electrons. The van der Waals surface area contributed by atoms with Crippen LogP contribution in [0.4, 0.5) is 0 Å². The Hall–Kier alpha value is -1.06. The molecule has 0 spiro atoms. The average Bonchev–Trinajstić information content (AvgIpc) is 2.72. The van der Waals surface area contributed by atoms with Gasteiger partial charge in [-0.3, -0.25) is 9.59 Å². The molecule has 0 aliphatic carbocycles. The zero-order chi connectivity index (χ0) is 22.3. The van der Waals surface area contributed by atoms with Crippen LogP contribution in [0, 0.1) is 0 Å². The maximum absolute atomic E-state index is 12.2. The van der Waals surface area contributed by atoms with Crippen LogP contribution in [-0.2, 0) is 19.1 Å². The predicted octanol–water partition coefficient (Wildman–Crippen LogP) is 8.26. The first-order chi connectivity index (χ1) is 14.6. The van der Waals surface area contributed by atoms with Crippen molar-refractivity contribution in [2.24, 2.45) is 0 Å². The van der Waals surface area contributed by atoms with Crippen molar-refractivity contribution in [3.05, 3.63) is 0 Å². The number of carbonyl (C=O) groups is 2. The Balaban J connectivity index is 4.17. The largest absolute Gasteiger partial charge is 0.425 e. The Morgan fingerprint density at radius 2 is 0.833 bits per heavy atom. The Morgan fingerprint density at radius 3 is 1.23 bits per heavy atom. The van der Waals surface area contributed by atoms with Gasteiger partial charge in [0, 0.05) is 19.3 Å². The van der Waals surface area contributed by atoms with Crippen LogP contribution in [0.5, 0.6) is 0 Å². The zero-order valence-electron chi connectivity index (χ0n) is 20.4. The van der Waals surface area contributed by atoms with Gasteiger partial charge in [0.1, 0.15) is 0 Å². The van der Waals surface area contributed by atoms with Gasteiger partial charge in [-0.25, -0.2) is 0 Å². The smallest absolute Gasteiger partial charge is 0.308 e. The van der Waals surface area contributed by atoms with Crippen molar-refractivity contribution in [3.63, 3.8) is 0 Å². The normalized spacial score (nSPS) is 12.0. The molecule has 0 N–H and O–H groups in total. The molecule has 0 fully saturated rings. The van der Waals surface area contributed by atoms with Gasteiger partial charge in [-0.1, -0.05) is 111 Å². The van der Waals surface area contributed by atoms with Crippen LogP contribution in [0.25, 0.3) is 0 Å². The molecule has 0 heterocycles. The molecular formula is C26H50O4. The minimum Gasteiger partial charge on any atom is -0.425 e. The molecule has 0 aromatic heterocycles. The number of esters is 2. The molecule has 0 rings (SSSR count). The number of unbranched alkanes of at least 4 members (excludes halogenated alkanes) is 14. The first-order valence-corrected chi connectivity index (χ1v) is 13.0. The highest BCUT2D eigenvalue weighted by molar-refractivity contribution is 5.71. The molecule has 0 aliphatic heterocycles. The summed E-state index contributed by atoms with van der Waals surface area (Å²) in [5.41, 5.74) is 0. The third-order valence-corrected chi connectivity index (χ3v) is 5.54. The van der Waals surface area contributed by atoms with E-state index in [1.54, 1.807) is 0 Å². The van der Waals surface area contributed by atoms with E-state index in [4.69, 9.17) is 9.47 Å². The van der Waals surface area contributed by atoms with Gasteiger partial charge in [-0.15, -0.1) is 0 Å². The Bertz CT molecular complexity index is 394. The van der Waals surface area contributed by atoms with Crippen molar-refractivity contribution >= 4 is 11.9 Å². The second-order valence-corrected chi connectivity index (χ2v) is 8.65. The maximum Gasteiger partial charge on any atom is 0.308 e.